The van der Waals surface area contributed by atoms with E-state index in [0.717, 1.165) is 47.3 Å². The summed E-state index contributed by atoms with van der Waals surface area (Å²) in [4.78, 5) is 39.8. The maximum Gasteiger partial charge on any atom is 0.341 e. The Hall–Kier alpha value is -3.70. The molecule has 44 heavy (non-hydrogen) atoms. The van der Waals surface area contributed by atoms with Gasteiger partial charge in [0.15, 0.2) is 6.10 Å². The van der Waals surface area contributed by atoms with Crippen LogP contribution < -0.4 is 10.0 Å². The molecule has 0 bridgehead atoms. The normalized spacial score (nSPS) is 13.9. The average molecular weight is 641 g/mol. The van der Waals surface area contributed by atoms with Gasteiger partial charge in [-0.3, -0.25) is 9.52 Å². The standard InChI is InChI=1S/C33H40N2O7S2/c1-8-41-32(38)28-25-11-9-10-12-26(25)43-30(28)34-29(36)21(4)42-31(37)22-13-15-24(16-14-22)35-44(39,40)27-18-23(33(5,6)7)17-19(2)20(27)3/h13-18,21,35H,8-12H2,1-7H3,(H,34,36)/t21-/m0/s1. The summed E-state index contributed by atoms with van der Waals surface area (Å²) < 4.78 is 39.9. The molecule has 0 unspecified atom stereocenters. The first-order valence-corrected chi connectivity index (χ1v) is 17.0. The Kier molecular flexibility index (Phi) is 9.90. The van der Waals surface area contributed by atoms with E-state index in [1.165, 1.54) is 42.5 Å². The molecule has 2 aromatic carbocycles. The zero-order valence-electron chi connectivity index (χ0n) is 26.3. The Morgan fingerprint density at radius 1 is 1.00 bits per heavy atom. The molecule has 0 saturated carbocycles. The van der Waals surface area contributed by atoms with Crippen molar-refractivity contribution in [1.82, 2.24) is 0 Å². The van der Waals surface area contributed by atoms with Gasteiger partial charge in [-0.2, -0.15) is 0 Å². The van der Waals surface area contributed by atoms with Gasteiger partial charge >= 0.3 is 11.9 Å². The van der Waals surface area contributed by atoms with Crippen LogP contribution in [-0.4, -0.2) is 39.0 Å². The van der Waals surface area contributed by atoms with Crippen LogP contribution in [0.3, 0.4) is 0 Å². The van der Waals surface area contributed by atoms with Crippen LogP contribution in [0.15, 0.2) is 41.3 Å². The van der Waals surface area contributed by atoms with Crippen LogP contribution in [-0.2, 0) is 42.5 Å². The van der Waals surface area contributed by atoms with Crippen molar-refractivity contribution in [3.63, 3.8) is 0 Å². The third-order valence-corrected chi connectivity index (χ3v) is 10.4. The molecule has 1 atom stereocenters. The third-order valence-electron chi connectivity index (χ3n) is 7.69. The molecule has 1 aliphatic rings. The van der Waals surface area contributed by atoms with E-state index < -0.39 is 34.0 Å². The lowest BCUT2D eigenvalue weighted by atomic mass is 9.85. The van der Waals surface area contributed by atoms with Crippen LogP contribution in [0, 0.1) is 13.8 Å². The van der Waals surface area contributed by atoms with Crippen molar-refractivity contribution in [3.05, 3.63) is 74.7 Å². The van der Waals surface area contributed by atoms with Crippen molar-refractivity contribution in [1.29, 1.82) is 0 Å². The van der Waals surface area contributed by atoms with E-state index in [2.05, 4.69) is 10.0 Å². The molecule has 3 aromatic rings. The van der Waals surface area contributed by atoms with Gasteiger partial charge in [0.25, 0.3) is 15.9 Å². The predicted molar refractivity (Wildman–Crippen MR) is 172 cm³/mol. The molecular weight excluding hydrogens is 601 g/mol. The molecule has 1 heterocycles. The van der Waals surface area contributed by atoms with E-state index in [4.69, 9.17) is 9.47 Å². The molecule has 236 valence electrons. The maximum atomic E-state index is 13.3. The van der Waals surface area contributed by atoms with Crippen molar-refractivity contribution < 1.29 is 32.3 Å². The van der Waals surface area contributed by atoms with Gasteiger partial charge < -0.3 is 14.8 Å². The second-order valence-corrected chi connectivity index (χ2v) is 14.8. The predicted octanol–water partition coefficient (Wildman–Crippen LogP) is 6.70. The van der Waals surface area contributed by atoms with Gasteiger partial charge in [-0.15, -0.1) is 11.3 Å². The molecule has 1 aliphatic carbocycles. The molecule has 9 nitrogen and oxygen atoms in total. The van der Waals surface area contributed by atoms with Gasteiger partial charge in [-0.1, -0.05) is 26.8 Å². The highest BCUT2D eigenvalue weighted by Gasteiger charge is 2.29. The summed E-state index contributed by atoms with van der Waals surface area (Å²) in [7, 11) is -3.91. The summed E-state index contributed by atoms with van der Waals surface area (Å²) >= 11 is 1.36. The van der Waals surface area contributed by atoms with Crippen molar-refractivity contribution in [2.75, 3.05) is 16.6 Å². The number of ether oxygens (including phenoxy) is 2. The number of esters is 2. The topological polar surface area (TPSA) is 128 Å². The molecule has 0 spiro atoms. The number of fused-ring (bicyclic) bond motifs is 1. The van der Waals surface area contributed by atoms with Crippen LogP contribution in [0.4, 0.5) is 10.7 Å². The van der Waals surface area contributed by atoms with E-state index in [1.807, 2.05) is 33.8 Å². The van der Waals surface area contributed by atoms with E-state index in [1.54, 1.807) is 19.9 Å². The molecule has 0 saturated heterocycles. The number of sulfonamides is 1. The molecule has 4 rings (SSSR count). The number of hydrogen-bond acceptors (Lipinski definition) is 8. The summed E-state index contributed by atoms with van der Waals surface area (Å²) in [6.07, 6.45) is 2.40. The molecule has 1 amide bonds. The minimum Gasteiger partial charge on any atom is -0.462 e. The number of amides is 1. The number of aryl methyl sites for hydroxylation is 2. The van der Waals surface area contributed by atoms with E-state index in [0.29, 0.717) is 16.1 Å². The van der Waals surface area contributed by atoms with Crippen LogP contribution >= 0.6 is 11.3 Å². The lowest BCUT2D eigenvalue weighted by Crippen LogP contribution is -2.30. The largest absolute Gasteiger partial charge is 0.462 e. The fraction of sp³-hybridized carbons (Fsp3) is 0.424. The number of rotatable bonds is 9. The number of carbonyl (C=O) groups excluding carboxylic acids is 3. The van der Waals surface area contributed by atoms with Gasteiger partial charge in [-0.25, -0.2) is 18.0 Å². The molecule has 0 radical (unpaired) electrons. The van der Waals surface area contributed by atoms with Crippen molar-refractivity contribution >= 4 is 49.9 Å². The van der Waals surface area contributed by atoms with Gasteiger partial charge in [0.2, 0.25) is 0 Å². The summed E-state index contributed by atoms with van der Waals surface area (Å²) in [6, 6.07) is 9.50. The number of thiophene rings is 1. The SMILES string of the molecule is CCOC(=O)c1c(NC(=O)[C@H](C)OC(=O)c2ccc(NS(=O)(=O)c3cc(C(C)(C)C)cc(C)c3C)cc2)sc2c1CCCC2. The highest BCUT2D eigenvalue weighted by molar-refractivity contribution is 7.92. The molecule has 0 fully saturated rings. The first kappa shape index (κ1) is 33.2. The van der Waals surface area contributed by atoms with E-state index in [-0.39, 0.29) is 28.2 Å². The molecule has 1 aromatic heterocycles. The smallest absolute Gasteiger partial charge is 0.341 e. The lowest BCUT2D eigenvalue weighted by molar-refractivity contribution is -0.123. The average Bonchev–Trinajstić information content (AvgIpc) is 3.31. The Morgan fingerprint density at radius 2 is 1.66 bits per heavy atom. The lowest BCUT2D eigenvalue weighted by Gasteiger charge is -2.22. The number of hydrogen-bond donors (Lipinski definition) is 2. The Morgan fingerprint density at radius 3 is 2.30 bits per heavy atom. The molecule has 0 aliphatic heterocycles. The number of carbonyl (C=O) groups is 3. The fourth-order valence-electron chi connectivity index (χ4n) is 4.99. The first-order valence-electron chi connectivity index (χ1n) is 14.7. The molecule has 11 heteroatoms. The summed E-state index contributed by atoms with van der Waals surface area (Å²) in [5, 5.41) is 3.16. The first-order chi connectivity index (χ1) is 20.6. The summed E-state index contributed by atoms with van der Waals surface area (Å²) in [5.41, 5.74) is 3.94. The van der Waals surface area contributed by atoms with Crippen LogP contribution in [0.25, 0.3) is 0 Å². The quantitative estimate of drug-likeness (QED) is 0.249. The minimum atomic E-state index is -3.91. The van der Waals surface area contributed by atoms with Crippen molar-refractivity contribution in [2.45, 2.75) is 90.6 Å². The highest BCUT2D eigenvalue weighted by Crippen LogP contribution is 2.39. The fourth-order valence-corrected chi connectivity index (χ4v) is 7.68. The van der Waals surface area contributed by atoms with Gasteiger partial charge in [0, 0.05) is 10.6 Å². The minimum absolute atomic E-state index is 0.146. The number of anilines is 2. The van der Waals surface area contributed by atoms with Gasteiger partial charge in [0.1, 0.15) is 5.00 Å². The van der Waals surface area contributed by atoms with Crippen molar-refractivity contribution in [3.8, 4) is 0 Å². The zero-order valence-corrected chi connectivity index (χ0v) is 27.9. The number of nitrogens with one attached hydrogen (secondary N) is 2. The second-order valence-electron chi connectivity index (χ2n) is 12.0. The monoisotopic (exact) mass is 640 g/mol. The summed E-state index contributed by atoms with van der Waals surface area (Å²) in [5.74, 6) is -1.80. The van der Waals surface area contributed by atoms with Gasteiger partial charge in [-0.05, 0) is 111 Å². The van der Waals surface area contributed by atoms with Crippen LogP contribution in [0.1, 0.15) is 95.3 Å². The molecular formula is C33H40N2O7S2. The van der Waals surface area contributed by atoms with Crippen LogP contribution in [0.5, 0.6) is 0 Å². The third kappa shape index (κ3) is 7.32. The molecule has 2 N–H and O–H groups in total. The van der Waals surface area contributed by atoms with Crippen LogP contribution in [0.2, 0.25) is 0 Å². The van der Waals surface area contributed by atoms with Crippen molar-refractivity contribution in [2.24, 2.45) is 0 Å². The summed E-state index contributed by atoms with van der Waals surface area (Å²) in [6.45, 7) is 13.1. The van der Waals surface area contributed by atoms with Gasteiger partial charge in [0.05, 0.1) is 22.6 Å². The zero-order chi connectivity index (χ0) is 32.4. The van der Waals surface area contributed by atoms with E-state index >= 15 is 0 Å². The Balaban J connectivity index is 1.44. The maximum absolute atomic E-state index is 13.3. The van der Waals surface area contributed by atoms with E-state index in [9.17, 15) is 22.8 Å². The Labute approximate surface area is 263 Å². The highest BCUT2D eigenvalue weighted by atomic mass is 32.2. The number of benzene rings is 2. The second kappa shape index (κ2) is 13.1. The Bertz CT molecular complexity index is 1680.